The van der Waals surface area contributed by atoms with Crippen molar-refractivity contribution in [2.75, 3.05) is 5.75 Å². The van der Waals surface area contributed by atoms with Crippen molar-refractivity contribution in [3.8, 4) is 0 Å². The number of hydrogen-bond acceptors (Lipinski definition) is 6. The maximum atomic E-state index is 11.9. The molecule has 0 fully saturated rings. The van der Waals surface area contributed by atoms with Gasteiger partial charge in [0, 0.05) is 18.1 Å². The first-order chi connectivity index (χ1) is 9.21. The highest BCUT2D eigenvalue weighted by Crippen LogP contribution is 2.23. The molecule has 0 aliphatic rings. The van der Waals surface area contributed by atoms with Crippen LogP contribution in [0.15, 0.2) is 22.8 Å². The lowest BCUT2D eigenvalue weighted by molar-refractivity contribution is -0.126. The molecular weight excluding hydrogens is 296 g/mol. The van der Waals surface area contributed by atoms with Gasteiger partial charge in [0.05, 0.1) is 11.0 Å². The fourth-order valence-electron chi connectivity index (χ4n) is 1.44. The fraction of sp³-hybridized carbons (Fsp3) is 0.500. The van der Waals surface area contributed by atoms with Crippen molar-refractivity contribution in [3.63, 3.8) is 0 Å². The minimum atomic E-state index is -0.774. The topological polar surface area (TPSA) is 64.3 Å². The molecule has 0 saturated heterocycles. The maximum absolute atomic E-state index is 11.9. The molecule has 4 nitrogen and oxygen atoms in total. The molecular formula is C14H18O4S2. The lowest BCUT2D eigenvalue weighted by Crippen LogP contribution is -2.30. The lowest BCUT2D eigenvalue weighted by Gasteiger charge is -2.19. The Hall–Kier alpha value is -1.01. The highest BCUT2D eigenvalue weighted by atomic mass is 32.2. The monoisotopic (exact) mass is 314 g/mol. The average Bonchev–Trinajstić information content (AvgIpc) is 2.85. The molecule has 0 spiro atoms. The first kappa shape index (κ1) is 17.0. The Morgan fingerprint density at radius 3 is 2.50 bits per heavy atom. The number of thiol groups is 1. The van der Waals surface area contributed by atoms with E-state index in [2.05, 4.69) is 12.6 Å². The van der Waals surface area contributed by atoms with E-state index in [0.29, 0.717) is 0 Å². The van der Waals surface area contributed by atoms with Crippen LogP contribution in [0.3, 0.4) is 0 Å². The summed E-state index contributed by atoms with van der Waals surface area (Å²) >= 11 is 5.19. The number of rotatable bonds is 7. The minimum Gasteiger partial charge on any atom is -0.460 e. The fourth-order valence-corrected chi connectivity index (χ4v) is 2.49. The predicted octanol–water partition coefficient (Wildman–Crippen LogP) is 3.03. The highest BCUT2D eigenvalue weighted by Gasteiger charge is 2.28. The summed E-state index contributed by atoms with van der Waals surface area (Å²) in [5.41, 5.74) is 0. The standard InChI is InChI=1S/C14H18O4S2/c1-9(15)10(7-12(16)14(2,3)19)8-20-13(17)11-5-4-6-18-11/h4-6,10,19H,7-8H2,1-3H3/t10-/m0/s1. The zero-order valence-electron chi connectivity index (χ0n) is 11.7. The summed E-state index contributed by atoms with van der Waals surface area (Å²) in [5, 5.41) is -0.237. The predicted molar refractivity (Wildman–Crippen MR) is 82.4 cm³/mol. The maximum Gasteiger partial charge on any atom is 0.254 e. The number of thioether (sulfide) groups is 1. The van der Waals surface area contributed by atoms with Crippen molar-refractivity contribution in [2.24, 2.45) is 5.92 Å². The van der Waals surface area contributed by atoms with Crippen LogP contribution >= 0.6 is 24.4 Å². The van der Waals surface area contributed by atoms with E-state index in [4.69, 9.17) is 4.42 Å². The smallest absolute Gasteiger partial charge is 0.254 e. The third-order valence-corrected chi connectivity index (χ3v) is 4.11. The summed E-state index contributed by atoms with van der Waals surface area (Å²) in [6.45, 7) is 4.81. The molecule has 0 bridgehead atoms. The van der Waals surface area contributed by atoms with Crippen LogP contribution in [0.4, 0.5) is 0 Å². The van der Waals surface area contributed by atoms with Crippen molar-refractivity contribution >= 4 is 41.1 Å². The van der Waals surface area contributed by atoms with Gasteiger partial charge in [0.15, 0.2) is 5.76 Å². The van der Waals surface area contributed by atoms with E-state index in [9.17, 15) is 14.4 Å². The number of Topliss-reactive ketones (excluding diaryl/α,β-unsaturated/α-hetero) is 2. The quantitative estimate of drug-likeness (QED) is 0.784. The summed E-state index contributed by atoms with van der Waals surface area (Å²) in [7, 11) is 0. The zero-order valence-corrected chi connectivity index (χ0v) is 13.4. The number of carbonyl (C=O) groups is 3. The van der Waals surface area contributed by atoms with E-state index in [-0.39, 0.29) is 34.6 Å². The largest absolute Gasteiger partial charge is 0.460 e. The van der Waals surface area contributed by atoms with Crippen LogP contribution in [0.2, 0.25) is 0 Å². The van der Waals surface area contributed by atoms with Crippen molar-refractivity contribution in [2.45, 2.75) is 31.9 Å². The summed E-state index contributed by atoms with van der Waals surface area (Å²) in [5.74, 6) is -0.163. The molecule has 0 N–H and O–H groups in total. The van der Waals surface area contributed by atoms with Gasteiger partial charge in [-0.15, -0.1) is 0 Å². The molecule has 0 unspecified atom stereocenters. The molecule has 1 heterocycles. The first-order valence-corrected chi connectivity index (χ1v) is 7.62. The van der Waals surface area contributed by atoms with Crippen LogP contribution in [-0.2, 0) is 9.59 Å². The van der Waals surface area contributed by atoms with Crippen molar-refractivity contribution in [3.05, 3.63) is 24.2 Å². The van der Waals surface area contributed by atoms with Gasteiger partial charge in [-0.3, -0.25) is 14.4 Å². The van der Waals surface area contributed by atoms with E-state index < -0.39 is 10.7 Å². The molecule has 0 radical (unpaired) electrons. The normalized spacial score (nSPS) is 13.0. The first-order valence-electron chi connectivity index (χ1n) is 6.18. The molecule has 1 aromatic rings. The second-order valence-electron chi connectivity index (χ2n) is 5.07. The number of furan rings is 1. The Kier molecular flexibility index (Phi) is 6.07. The van der Waals surface area contributed by atoms with Gasteiger partial charge in [-0.25, -0.2) is 0 Å². The van der Waals surface area contributed by atoms with E-state index in [1.54, 1.807) is 26.0 Å². The van der Waals surface area contributed by atoms with Crippen LogP contribution in [0, 0.1) is 5.92 Å². The SMILES string of the molecule is CC(=O)[C@H](CSC(=O)c1ccco1)CC(=O)C(C)(C)S. The molecule has 0 saturated carbocycles. The van der Waals surface area contributed by atoms with Crippen molar-refractivity contribution in [1.29, 1.82) is 0 Å². The summed E-state index contributed by atoms with van der Waals surface area (Å²) in [4.78, 5) is 35.3. The van der Waals surface area contributed by atoms with Gasteiger partial charge in [-0.2, -0.15) is 12.6 Å². The third kappa shape index (κ3) is 5.17. The molecule has 0 aromatic carbocycles. The van der Waals surface area contributed by atoms with Gasteiger partial charge in [0.25, 0.3) is 5.12 Å². The summed E-state index contributed by atoms with van der Waals surface area (Å²) < 4.78 is 4.21. The Morgan fingerprint density at radius 1 is 1.40 bits per heavy atom. The second kappa shape index (κ2) is 7.13. The van der Waals surface area contributed by atoms with E-state index in [0.717, 1.165) is 11.8 Å². The molecule has 110 valence electrons. The Bertz CT molecular complexity index is 486. The van der Waals surface area contributed by atoms with Crippen LogP contribution < -0.4 is 0 Å². The molecule has 20 heavy (non-hydrogen) atoms. The lowest BCUT2D eigenvalue weighted by atomic mass is 9.94. The zero-order chi connectivity index (χ0) is 15.3. The molecule has 0 amide bonds. The summed E-state index contributed by atoms with van der Waals surface area (Å²) in [6.07, 6.45) is 1.52. The van der Waals surface area contributed by atoms with E-state index in [1.165, 1.54) is 13.2 Å². The van der Waals surface area contributed by atoms with Crippen LogP contribution in [-0.4, -0.2) is 27.2 Å². The molecule has 6 heteroatoms. The van der Waals surface area contributed by atoms with Gasteiger partial charge >= 0.3 is 0 Å². The number of ketones is 2. The molecule has 1 rings (SSSR count). The van der Waals surface area contributed by atoms with Crippen LogP contribution in [0.5, 0.6) is 0 Å². The third-order valence-electron chi connectivity index (χ3n) is 2.83. The van der Waals surface area contributed by atoms with E-state index >= 15 is 0 Å². The van der Waals surface area contributed by atoms with Crippen LogP contribution in [0.1, 0.15) is 37.7 Å². The van der Waals surface area contributed by atoms with Crippen molar-refractivity contribution < 1.29 is 18.8 Å². The number of carbonyl (C=O) groups excluding carboxylic acids is 3. The average molecular weight is 314 g/mol. The molecule has 0 aliphatic heterocycles. The van der Waals surface area contributed by atoms with Gasteiger partial charge in [-0.05, 0) is 32.9 Å². The van der Waals surface area contributed by atoms with Gasteiger partial charge in [0.1, 0.15) is 11.6 Å². The second-order valence-corrected chi connectivity index (χ2v) is 7.18. The van der Waals surface area contributed by atoms with Gasteiger partial charge < -0.3 is 4.42 Å². The van der Waals surface area contributed by atoms with Gasteiger partial charge in [0.2, 0.25) is 0 Å². The Balaban J connectivity index is 2.58. The Labute approximate surface area is 128 Å². The summed E-state index contributed by atoms with van der Waals surface area (Å²) in [6, 6.07) is 3.20. The highest BCUT2D eigenvalue weighted by molar-refractivity contribution is 8.14. The minimum absolute atomic E-state index is 0.101. The Morgan fingerprint density at radius 2 is 2.05 bits per heavy atom. The molecule has 1 aromatic heterocycles. The van der Waals surface area contributed by atoms with Crippen LogP contribution in [0.25, 0.3) is 0 Å². The molecule has 0 aliphatic carbocycles. The van der Waals surface area contributed by atoms with Gasteiger partial charge in [-0.1, -0.05) is 11.8 Å². The molecule has 1 atom stereocenters. The number of hydrogen-bond donors (Lipinski definition) is 1. The van der Waals surface area contributed by atoms with E-state index in [1.807, 2.05) is 0 Å². The van der Waals surface area contributed by atoms with Crippen molar-refractivity contribution in [1.82, 2.24) is 0 Å².